The third kappa shape index (κ3) is 1.17. The van der Waals surface area contributed by atoms with Crippen molar-refractivity contribution in [2.75, 3.05) is 0 Å². The summed E-state index contributed by atoms with van der Waals surface area (Å²) in [5.74, 6) is 0.504. The molecule has 0 unspecified atom stereocenters. The van der Waals surface area contributed by atoms with Crippen molar-refractivity contribution in [3.05, 3.63) is 23.5 Å². The van der Waals surface area contributed by atoms with Crippen LogP contribution in [0.2, 0.25) is 0 Å². The van der Waals surface area contributed by atoms with Crippen LogP contribution in [0.15, 0.2) is 23.5 Å². The van der Waals surface area contributed by atoms with Crippen LogP contribution in [0.25, 0.3) is 0 Å². The second-order valence-electron chi connectivity index (χ2n) is 2.94. The van der Waals surface area contributed by atoms with Crippen LogP contribution in [0.1, 0.15) is 13.8 Å². The minimum atomic E-state index is -0.418. The van der Waals surface area contributed by atoms with Crippen LogP contribution in [-0.4, -0.2) is 5.60 Å². The standard InChI is InChI=1S/C9H8N2O/c1-9(2)7(3-5-10)8(12-9)4-6-11/h3-4H,1-2H3. The molecule has 1 rings (SSSR count). The molecule has 1 fully saturated rings. The molecule has 0 aromatic heterocycles. The Morgan fingerprint density at radius 3 is 2.25 bits per heavy atom. The van der Waals surface area contributed by atoms with Gasteiger partial charge in [0, 0.05) is 11.6 Å². The lowest BCUT2D eigenvalue weighted by Gasteiger charge is -2.40. The monoisotopic (exact) mass is 160 g/mol. The van der Waals surface area contributed by atoms with Crippen molar-refractivity contribution in [1.82, 2.24) is 0 Å². The van der Waals surface area contributed by atoms with Gasteiger partial charge in [-0.3, -0.25) is 0 Å². The molecule has 60 valence electrons. The van der Waals surface area contributed by atoms with Crippen molar-refractivity contribution < 1.29 is 4.74 Å². The molecule has 3 heteroatoms. The number of ether oxygens (including phenoxy) is 1. The van der Waals surface area contributed by atoms with Gasteiger partial charge in [0.05, 0.1) is 18.2 Å². The van der Waals surface area contributed by atoms with E-state index in [0.717, 1.165) is 5.57 Å². The summed E-state index contributed by atoms with van der Waals surface area (Å²) >= 11 is 0. The fraction of sp³-hybridized carbons (Fsp3) is 0.333. The molecule has 3 nitrogen and oxygen atoms in total. The van der Waals surface area contributed by atoms with Crippen LogP contribution in [0.5, 0.6) is 0 Å². The summed E-state index contributed by atoms with van der Waals surface area (Å²) in [6, 6.07) is 3.78. The molecule has 0 atom stereocenters. The Morgan fingerprint density at radius 2 is 1.83 bits per heavy atom. The van der Waals surface area contributed by atoms with Gasteiger partial charge in [-0.25, -0.2) is 0 Å². The second kappa shape index (κ2) is 2.71. The van der Waals surface area contributed by atoms with Gasteiger partial charge in [-0.2, -0.15) is 10.5 Å². The fourth-order valence-electron chi connectivity index (χ4n) is 1.11. The molecule has 0 radical (unpaired) electrons. The van der Waals surface area contributed by atoms with E-state index in [1.165, 1.54) is 12.2 Å². The smallest absolute Gasteiger partial charge is 0.138 e. The van der Waals surface area contributed by atoms with E-state index in [4.69, 9.17) is 15.3 Å². The van der Waals surface area contributed by atoms with E-state index in [1.54, 1.807) is 0 Å². The predicted molar refractivity (Wildman–Crippen MR) is 42.6 cm³/mol. The van der Waals surface area contributed by atoms with Crippen LogP contribution in [0.3, 0.4) is 0 Å². The molecule has 0 bridgehead atoms. The molecule has 0 saturated carbocycles. The van der Waals surface area contributed by atoms with E-state index in [1.807, 2.05) is 26.0 Å². The Labute approximate surface area is 71.2 Å². The summed E-state index contributed by atoms with van der Waals surface area (Å²) in [4.78, 5) is 0. The first-order chi connectivity index (χ1) is 5.61. The Hall–Kier alpha value is -1.74. The molecule has 1 saturated heterocycles. The highest BCUT2D eigenvalue weighted by Crippen LogP contribution is 2.40. The molecule has 0 aromatic rings. The quantitative estimate of drug-likeness (QED) is 0.506. The maximum Gasteiger partial charge on any atom is 0.138 e. The maximum atomic E-state index is 8.43. The van der Waals surface area contributed by atoms with Gasteiger partial charge in [0.15, 0.2) is 0 Å². The number of hydrogen-bond donors (Lipinski definition) is 0. The number of nitriles is 2. The van der Waals surface area contributed by atoms with Gasteiger partial charge >= 0.3 is 0 Å². The summed E-state index contributed by atoms with van der Waals surface area (Å²) in [6.07, 6.45) is 2.71. The summed E-state index contributed by atoms with van der Waals surface area (Å²) < 4.78 is 5.25. The van der Waals surface area contributed by atoms with Gasteiger partial charge in [0.2, 0.25) is 0 Å². The highest BCUT2D eigenvalue weighted by Gasteiger charge is 2.39. The highest BCUT2D eigenvalue weighted by atomic mass is 16.5. The number of hydrogen-bond acceptors (Lipinski definition) is 3. The van der Waals surface area contributed by atoms with Crippen molar-refractivity contribution in [2.45, 2.75) is 19.4 Å². The van der Waals surface area contributed by atoms with Crippen molar-refractivity contribution in [2.24, 2.45) is 0 Å². The summed E-state index contributed by atoms with van der Waals surface area (Å²) in [5, 5.41) is 16.8. The first-order valence-electron chi connectivity index (χ1n) is 3.51. The van der Waals surface area contributed by atoms with Crippen LogP contribution in [-0.2, 0) is 4.74 Å². The van der Waals surface area contributed by atoms with E-state index in [-0.39, 0.29) is 0 Å². The lowest BCUT2D eigenvalue weighted by molar-refractivity contribution is 0.00570. The topological polar surface area (TPSA) is 56.8 Å². The number of nitrogens with zero attached hydrogens (tertiary/aromatic N) is 2. The first-order valence-corrected chi connectivity index (χ1v) is 3.51. The average molecular weight is 160 g/mol. The molecule has 0 aromatic carbocycles. The average Bonchev–Trinajstić information content (AvgIpc) is 2.00. The molecule has 1 aliphatic heterocycles. The van der Waals surface area contributed by atoms with Crippen molar-refractivity contribution in [1.29, 1.82) is 10.5 Å². The van der Waals surface area contributed by atoms with Gasteiger partial charge in [0.1, 0.15) is 11.4 Å². The van der Waals surface area contributed by atoms with Crippen molar-refractivity contribution in [3.63, 3.8) is 0 Å². The predicted octanol–water partition coefficient (Wildman–Crippen LogP) is 1.65. The Kier molecular flexibility index (Phi) is 1.89. The highest BCUT2D eigenvalue weighted by molar-refractivity contribution is 5.46. The third-order valence-corrected chi connectivity index (χ3v) is 1.68. The third-order valence-electron chi connectivity index (χ3n) is 1.68. The molecular formula is C9H8N2O. The van der Waals surface area contributed by atoms with E-state index >= 15 is 0 Å². The second-order valence-corrected chi connectivity index (χ2v) is 2.94. The fourth-order valence-corrected chi connectivity index (χ4v) is 1.11. The molecule has 1 heterocycles. The Balaban J connectivity index is 2.96. The number of allylic oxidation sites excluding steroid dienone is 2. The molecule has 1 aliphatic rings. The van der Waals surface area contributed by atoms with Crippen LogP contribution in [0.4, 0.5) is 0 Å². The molecule has 12 heavy (non-hydrogen) atoms. The zero-order valence-electron chi connectivity index (χ0n) is 6.96. The van der Waals surface area contributed by atoms with Gasteiger partial charge in [-0.15, -0.1) is 0 Å². The molecule has 0 spiro atoms. The molecule has 0 aliphatic carbocycles. The zero-order valence-corrected chi connectivity index (χ0v) is 6.96. The summed E-state index contributed by atoms with van der Waals surface area (Å²) in [7, 11) is 0. The van der Waals surface area contributed by atoms with Crippen LogP contribution in [0, 0.1) is 22.7 Å². The van der Waals surface area contributed by atoms with Gasteiger partial charge < -0.3 is 4.74 Å². The molecule has 0 N–H and O–H groups in total. The maximum absolute atomic E-state index is 8.43. The summed E-state index contributed by atoms with van der Waals surface area (Å²) in [6.45, 7) is 3.70. The largest absolute Gasteiger partial charge is 0.482 e. The minimum absolute atomic E-state index is 0.418. The van der Waals surface area contributed by atoms with Crippen LogP contribution >= 0.6 is 0 Å². The molecular weight excluding hydrogens is 152 g/mol. The SMILES string of the molecule is CC1(C)OC(=CC#N)C1=CC#N. The lowest BCUT2D eigenvalue weighted by Crippen LogP contribution is -2.38. The van der Waals surface area contributed by atoms with E-state index in [0.29, 0.717) is 5.76 Å². The van der Waals surface area contributed by atoms with Gasteiger partial charge in [-0.1, -0.05) is 0 Å². The first kappa shape index (κ1) is 8.36. The van der Waals surface area contributed by atoms with E-state index < -0.39 is 5.60 Å². The van der Waals surface area contributed by atoms with Crippen molar-refractivity contribution in [3.8, 4) is 12.1 Å². The molecule has 0 amide bonds. The van der Waals surface area contributed by atoms with Gasteiger partial charge in [0.25, 0.3) is 0 Å². The minimum Gasteiger partial charge on any atom is -0.482 e. The zero-order chi connectivity index (χ0) is 9.19. The number of rotatable bonds is 0. The van der Waals surface area contributed by atoms with Crippen molar-refractivity contribution >= 4 is 0 Å². The van der Waals surface area contributed by atoms with E-state index in [9.17, 15) is 0 Å². The van der Waals surface area contributed by atoms with Gasteiger partial charge in [-0.05, 0) is 13.8 Å². The lowest BCUT2D eigenvalue weighted by atomic mass is 9.89. The van der Waals surface area contributed by atoms with E-state index in [2.05, 4.69) is 0 Å². The Morgan fingerprint density at radius 1 is 1.25 bits per heavy atom. The van der Waals surface area contributed by atoms with Crippen LogP contribution < -0.4 is 0 Å². The Bertz CT molecular complexity index is 337. The normalized spacial score (nSPS) is 25.3. The summed E-state index contributed by atoms with van der Waals surface area (Å²) in [5.41, 5.74) is 0.366.